The highest BCUT2D eigenvalue weighted by molar-refractivity contribution is 5.77. The molecule has 0 unspecified atom stereocenters. The van der Waals surface area contributed by atoms with E-state index >= 15 is 0 Å². The molecule has 6 nitrogen and oxygen atoms in total. The van der Waals surface area contributed by atoms with Crippen LogP contribution in [0.5, 0.6) is 5.75 Å². The minimum absolute atomic E-state index is 0.0662. The lowest BCUT2D eigenvalue weighted by Crippen LogP contribution is -2.53. The SMILES string of the molecule is O=C1OCC[C@@H]1N1CCN(C[C@@H](O)COc2ccccc2)CC1. The number of hydrogen-bond donors (Lipinski definition) is 1. The Labute approximate surface area is 136 Å². The Morgan fingerprint density at radius 1 is 1.22 bits per heavy atom. The summed E-state index contributed by atoms with van der Waals surface area (Å²) >= 11 is 0. The Bertz CT molecular complexity index is 503. The van der Waals surface area contributed by atoms with Gasteiger partial charge in [0.2, 0.25) is 0 Å². The van der Waals surface area contributed by atoms with E-state index in [1.54, 1.807) is 0 Å². The summed E-state index contributed by atoms with van der Waals surface area (Å²) in [5.74, 6) is 0.686. The van der Waals surface area contributed by atoms with Crippen molar-refractivity contribution in [3.05, 3.63) is 30.3 Å². The highest BCUT2D eigenvalue weighted by Crippen LogP contribution is 2.16. The van der Waals surface area contributed by atoms with Crippen LogP contribution in [-0.4, -0.2) is 79.0 Å². The third-order valence-corrected chi connectivity index (χ3v) is 4.41. The number of ether oxygens (including phenoxy) is 2. The van der Waals surface area contributed by atoms with E-state index in [4.69, 9.17) is 9.47 Å². The van der Waals surface area contributed by atoms with Gasteiger partial charge in [-0.3, -0.25) is 14.6 Å². The summed E-state index contributed by atoms with van der Waals surface area (Å²) in [5.41, 5.74) is 0. The Balaban J connectivity index is 1.37. The van der Waals surface area contributed by atoms with Gasteiger partial charge in [-0.15, -0.1) is 0 Å². The minimum Gasteiger partial charge on any atom is -0.491 e. The standard InChI is InChI=1S/C17H24N2O4/c20-14(13-23-15-4-2-1-3-5-15)12-18-7-9-19(10-8-18)16-6-11-22-17(16)21/h1-5,14,16,20H,6-13H2/t14-,16+/m1/s1. The zero-order valence-corrected chi connectivity index (χ0v) is 13.3. The van der Waals surface area contributed by atoms with Crippen LogP contribution in [0.15, 0.2) is 30.3 Å². The summed E-state index contributed by atoms with van der Waals surface area (Å²) < 4.78 is 10.6. The van der Waals surface area contributed by atoms with E-state index in [2.05, 4.69) is 9.80 Å². The Morgan fingerprint density at radius 2 is 1.96 bits per heavy atom. The molecule has 0 amide bonds. The smallest absolute Gasteiger partial charge is 0.323 e. The number of carbonyl (C=O) groups excluding carboxylic acids is 1. The van der Waals surface area contributed by atoms with Gasteiger partial charge in [0.15, 0.2) is 0 Å². The first-order valence-electron chi connectivity index (χ1n) is 8.21. The zero-order valence-electron chi connectivity index (χ0n) is 13.3. The molecule has 1 aromatic rings. The van der Waals surface area contributed by atoms with E-state index in [9.17, 15) is 9.90 Å². The highest BCUT2D eigenvalue weighted by Gasteiger charge is 2.34. The van der Waals surface area contributed by atoms with E-state index in [-0.39, 0.29) is 12.0 Å². The number of hydrogen-bond acceptors (Lipinski definition) is 6. The lowest BCUT2D eigenvalue weighted by atomic mass is 10.1. The fourth-order valence-corrected chi connectivity index (χ4v) is 3.13. The van der Waals surface area contributed by atoms with Crippen LogP contribution in [0.2, 0.25) is 0 Å². The Kier molecular flexibility index (Phi) is 5.48. The van der Waals surface area contributed by atoms with Gasteiger partial charge in [-0.2, -0.15) is 0 Å². The van der Waals surface area contributed by atoms with Crippen molar-refractivity contribution >= 4 is 5.97 Å². The van der Waals surface area contributed by atoms with E-state index in [0.717, 1.165) is 38.3 Å². The van der Waals surface area contributed by atoms with Crippen molar-refractivity contribution in [2.75, 3.05) is 45.9 Å². The van der Waals surface area contributed by atoms with Crippen molar-refractivity contribution in [3.63, 3.8) is 0 Å². The van der Waals surface area contributed by atoms with Gasteiger partial charge in [-0.1, -0.05) is 18.2 Å². The molecule has 2 aliphatic rings. The lowest BCUT2D eigenvalue weighted by Gasteiger charge is -2.37. The average molecular weight is 320 g/mol. The second-order valence-corrected chi connectivity index (χ2v) is 6.09. The van der Waals surface area contributed by atoms with Gasteiger partial charge in [0.1, 0.15) is 24.5 Å². The number of benzene rings is 1. The number of para-hydroxylation sites is 1. The largest absolute Gasteiger partial charge is 0.491 e. The predicted molar refractivity (Wildman–Crippen MR) is 85.3 cm³/mol. The van der Waals surface area contributed by atoms with Crippen LogP contribution in [-0.2, 0) is 9.53 Å². The van der Waals surface area contributed by atoms with Crippen LogP contribution >= 0.6 is 0 Å². The van der Waals surface area contributed by atoms with Crippen molar-refractivity contribution in [2.45, 2.75) is 18.6 Å². The van der Waals surface area contributed by atoms with E-state index in [1.807, 2.05) is 30.3 Å². The maximum atomic E-state index is 11.6. The van der Waals surface area contributed by atoms with Gasteiger partial charge in [0.05, 0.1) is 6.61 Å². The van der Waals surface area contributed by atoms with Gasteiger partial charge < -0.3 is 14.6 Å². The summed E-state index contributed by atoms with van der Waals surface area (Å²) in [7, 11) is 0. The van der Waals surface area contributed by atoms with Crippen LogP contribution in [0.3, 0.4) is 0 Å². The Morgan fingerprint density at radius 3 is 2.61 bits per heavy atom. The molecule has 0 bridgehead atoms. The van der Waals surface area contributed by atoms with Gasteiger partial charge in [-0.05, 0) is 12.1 Å². The van der Waals surface area contributed by atoms with E-state index < -0.39 is 6.10 Å². The molecule has 0 aliphatic carbocycles. The predicted octanol–water partition coefficient (Wildman–Crippen LogP) is 0.359. The molecule has 0 radical (unpaired) electrons. The summed E-state index contributed by atoms with van der Waals surface area (Å²) in [6.45, 7) is 4.81. The van der Waals surface area contributed by atoms with Gasteiger partial charge in [0, 0.05) is 39.1 Å². The zero-order chi connectivity index (χ0) is 16.1. The van der Waals surface area contributed by atoms with Crippen molar-refractivity contribution in [2.24, 2.45) is 0 Å². The van der Waals surface area contributed by atoms with Crippen molar-refractivity contribution in [3.8, 4) is 5.75 Å². The summed E-state index contributed by atoms with van der Waals surface area (Å²) in [6, 6.07) is 9.45. The first-order valence-corrected chi connectivity index (χ1v) is 8.21. The molecule has 126 valence electrons. The number of piperazine rings is 1. The highest BCUT2D eigenvalue weighted by atomic mass is 16.5. The van der Waals surface area contributed by atoms with E-state index in [0.29, 0.717) is 19.8 Å². The number of esters is 1. The van der Waals surface area contributed by atoms with Gasteiger partial charge in [-0.25, -0.2) is 0 Å². The molecule has 0 saturated carbocycles. The molecule has 0 spiro atoms. The van der Waals surface area contributed by atoms with Crippen molar-refractivity contribution in [1.29, 1.82) is 0 Å². The molecular formula is C17H24N2O4. The number of cyclic esters (lactones) is 1. The average Bonchev–Trinajstić information content (AvgIpc) is 3.01. The summed E-state index contributed by atoms with van der Waals surface area (Å²) in [5, 5.41) is 10.1. The normalized spacial score (nSPS) is 24.4. The first-order chi connectivity index (χ1) is 11.2. The number of carbonyl (C=O) groups is 1. The number of rotatable bonds is 6. The molecule has 2 saturated heterocycles. The monoisotopic (exact) mass is 320 g/mol. The van der Waals surface area contributed by atoms with Crippen LogP contribution in [0.1, 0.15) is 6.42 Å². The fraction of sp³-hybridized carbons (Fsp3) is 0.588. The maximum absolute atomic E-state index is 11.6. The summed E-state index contributed by atoms with van der Waals surface area (Å²) in [6.07, 6.45) is 0.282. The second kappa shape index (κ2) is 7.77. The molecular weight excluding hydrogens is 296 g/mol. The molecule has 2 aliphatic heterocycles. The molecule has 2 heterocycles. The molecule has 23 heavy (non-hydrogen) atoms. The first kappa shape index (κ1) is 16.2. The molecule has 3 rings (SSSR count). The molecule has 6 heteroatoms. The third kappa shape index (κ3) is 4.43. The lowest BCUT2D eigenvalue weighted by molar-refractivity contribution is -0.142. The minimum atomic E-state index is -0.516. The quantitative estimate of drug-likeness (QED) is 0.764. The van der Waals surface area contributed by atoms with Crippen LogP contribution in [0, 0.1) is 0 Å². The number of aliphatic hydroxyl groups excluding tert-OH is 1. The third-order valence-electron chi connectivity index (χ3n) is 4.41. The molecule has 0 aromatic heterocycles. The van der Waals surface area contributed by atoms with E-state index in [1.165, 1.54) is 0 Å². The van der Waals surface area contributed by atoms with Crippen molar-refractivity contribution < 1.29 is 19.4 Å². The van der Waals surface area contributed by atoms with Gasteiger partial charge >= 0.3 is 5.97 Å². The Hall–Kier alpha value is -1.63. The van der Waals surface area contributed by atoms with Crippen molar-refractivity contribution in [1.82, 2.24) is 9.80 Å². The fourth-order valence-electron chi connectivity index (χ4n) is 3.13. The van der Waals surface area contributed by atoms with Gasteiger partial charge in [0.25, 0.3) is 0 Å². The molecule has 1 N–H and O–H groups in total. The number of aliphatic hydroxyl groups is 1. The van der Waals surface area contributed by atoms with Crippen LogP contribution < -0.4 is 4.74 Å². The molecule has 2 atom stereocenters. The molecule has 1 aromatic carbocycles. The van der Waals surface area contributed by atoms with Crippen LogP contribution in [0.4, 0.5) is 0 Å². The number of β-amino-alcohol motifs (C(OH)–C–C–N with tert-alkyl or cyclic N) is 1. The topological polar surface area (TPSA) is 62.2 Å². The second-order valence-electron chi connectivity index (χ2n) is 6.09. The summed E-state index contributed by atoms with van der Waals surface area (Å²) in [4.78, 5) is 16.0. The number of nitrogens with zero attached hydrogens (tertiary/aromatic N) is 2. The van der Waals surface area contributed by atoms with Crippen LogP contribution in [0.25, 0.3) is 0 Å². The molecule has 2 fully saturated rings. The maximum Gasteiger partial charge on any atom is 0.323 e.